The van der Waals surface area contributed by atoms with Crippen LogP contribution in [0.25, 0.3) is 0 Å². The van der Waals surface area contributed by atoms with E-state index in [9.17, 15) is 13.2 Å². The van der Waals surface area contributed by atoms with Gasteiger partial charge in [0.05, 0.1) is 6.54 Å². The minimum atomic E-state index is -4.09. The Morgan fingerprint density at radius 2 is 1.80 bits per heavy atom. The minimum absolute atomic E-state index is 0.0293. The number of likely N-dealkylation sites (tertiary alicyclic amines) is 1. The maximum Gasteiger partial charge on any atom is 0.401 e. The minimum Gasteiger partial charge on any atom is -0.306 e. The zero-order valence-electron chi connectivity index (χ0n) is 9.27. The van der Waals surface area contributed by atoms with E-state index in [0.29, 0.717) is 6.04 Å². The summed E-state index contributed by atoms with van der Waals surface area (Å²) in [6, 6.07) is 0.523. The molecule has 0 spiro atoms. The molecule has 2 nitrogen and oxygen atoms in total. The normalized spacial score (nSPS) is 21.2. The zero-order chi connectivity index (χ0) is 11.5. The smallest absolute Gasteiger partial charge is 0.306 e. The van der Waals surface area contributed by atoms with Gasteiger partial charge in [-0.25, -0.2) is 0 Å². The van der Waals surface area contributed by atoms with Gasteiger partial charge in [0.2, 0.25) is 0 Å². The van der Waals surface area contributed by atoms with E-state index in [1.807, 2.05) is 0 Å². The molecule has 1 N–H and O–H groups in total. The maximum absolute atomic E-state index is 11.9. The molecule has 0 atom stereocenters. The summed E-state index contributed by atoms with van der Waals surface area (Å²) in [6.45, 7) is 5.16. The first-order valence-electron chi connectivity index (χ1n) is 5.42. The Bertz CT molecular complexity index is 184. The van der Waals surface area contributed by atoms with E-state index in [4.69, 9.17) is 0 Å². The van der Waals surface area contributed by atoms with E-state index in [2.05, 4.69) is 24.1 Å². The van der Waals surface area contributed by atoms with Gasteiger partial charge in [-0.3, -0.25) is 0 Å². The summed E-state index contributed by atoms with van der Waals surface area (Å²) >= 11 is 0. The Kier molecular flexibility index (Phi) is 4.40. The first kappa shape index (κ1) is 12.8. The number of alkyl halides is 3. The van der Waals surface area contributed by atoms with Crippen LogP contribution in [-0.4, -0.2) is 42.8 Å². The van der Waals surface area contributed by atoms with Crippen LogP contribution in [0.5, 0.6) is 0 Å². The predicted molar refractivity (Wildman–Crippen MR) is 53.8 cm³/mol. The van der Waals surface area contributed by atoms with Crippen molar-refractivity contribution in [3.05, 3.63) is 0 Å². The van der Waals surface area contributed by atoms with Gasteiger partial charge in [-0.15, -0.1) is 0 Å². The predicted octanol–water partition coefficient (Wildman–Crippen LogP) is 2.01. The number of halogens is 3. The van der Waals surface area contributed by atoms with Crippen molar-refractivity contribution in [1.82, 2.24) is 10.2 Å². The average molecular weight is 224 g/mol. The molecule has 0 aromatic rings. The molecule has 1 heterocycles. The van der Waals surface area contributed by atoms with Gasteiger partial charge in [-0.1, -0.05) is 0 Å². The lowest BCUT2D eigenvalue weighted by atomic mass is 10.0. The lowest BCUT2D eigenvalue weighted by molar-refractivity contribution is -0.126. The Balaban J connectivity index is 2.20. The molecular weight excluding hydrogens is 205 g/mol. The van der Waals surface area contributed by atoms with E-state index in [-0.39, 0.29) is 6.04 Å². The van der Waals surface area contributed by atoms with Crippen molar-refractivity contribution in [2.75, 3.05) is 19.6 Å². The molecule has 0 bridgehead atoms. The summed E-state index contributed by atoms with van der Waals surface area (Å²) in [5.74, 6) is 0. The zero-order valence-corrected chi connectivity index (χ0v) is 9.27. The molecule has 1 aliphatic heterocycles. The second-order valence-corrected chi connectivity index (χ2v) is 4.40. The highest BCUT2D eigenvalue weighted by Crippen LogP contribution is 2.16. The van der Waals surface area contributed by atoms with E-state index in [1.54, 1.807) is 0 Å². The molecule has 15 heavy (non-hydrogen) atoms. The average Bonchev–Trinajstić information content (AvgIpc) is 2.14. The van der Waals surface area contributed by atoms with Crippen molar-refractivity contribution in [3.63, 3.8) is 0 Å². The fraction of sp³-hybridized carbons (Fsp3) is 1.00. The van der Waals surface area contributed by atoms with Gasteiger partial charge in [0.1, 0.15) is 0 Å². The monoisotopic (exact) mass is 224 g/mol. The molecule has 1 aliphatic rings. The quantitative estimate of drug-likeness (QED) is 0.789. The number of hydrogen-bond donors (Lipinski definition) is 1. The van der Waals surface area contributed by atoms with Gasteiger partial charge in [0.25, 0.3) is 0 Å². The van der Waals surface area contributed by atoms with Crippen LogP contribution < -0.4 is 5.32 Å². The standard InChI is InChI=1S/C10H19F3N2/c1-8(2)15-5-3-9(4-6-15)14-7-10(11,12)13/h8-9,14H,3-7H2,1-2H3. The Hall–Kier alpha value is -0.290. The Morgan fingerprint density at radius 3 is 2.20 bits per heavy atom. The highest BCUT2D eigenvalue weighted by atomic mass is 19.4. The molecule has 1 saturated heterocycles. The van der Waals surface area contributed by atoms with E-state index in [0.717, 1.165) is 25.9 Å². The van der Waals surface area contributed by atoms with Crippen molar-refractivity contribution >= 4 is 0 Å². The van der Waals surface area contributed by atoms with Crippen LogP contribution in [0.4, 0.5) is 13.2 Å². The molecule has 90 valence electrons. The molecule has 1 fully saturated rings. The highest BCUT2D eigenvalue weighted by Gasteiger charge is 2.29. The molecule has 0 aliphatic carbocycles. The van der Waals surface area contributed by atoms with Crippen LogP contribution in [0.1, 0.15) is 26.7 Å². The fourth-order valence-electron chi connectivity index (χ4n) is 1.88. The van der Waals surface area contributed by atoms with E-state index in [1.165, 1.54) is 0 Å². The van der Waals surface area contributed by atoms with Crippen LogP contribution >= 0.6 is 0 Å². The summed E-state index contributed by atoms with van der Waals surface area (Å²) in [4.78, 5) is 2.30. The van der Waals surface area contributed by atoms with Crippen LogP contribution in [-0.2, 0) is 0 Å². The second-order valence-electron chi connectivity index (χ2n) is 4.40. The van der Waals surface area contributed by atoms with Crippen molar-refractivity contribution in [2.45, 2.75) is 44.9 Å². The molecule has 1 rings (SSSR count). The van der Waals surface area contributed by atoms with Gasteiger partial charge >= 0.3 is 6.18 Å². The van der Waals surface area contributed by atoms with Crippen molar-refractivity contribution < 1.29 is 13.2 Å². The topological polar surface area (TPSA) is 15.3 Å². The molecule has 0 aromatic carbocycles. The maximum atomic E-state index is 11.9. The van der Waals surface area contributed by atoms with Gasteiger partial charge < -0.3 is 10.2 Å². The third-order valence-corrected chi connectivity index (χ3v) is 2.85. The molecule has 0 radical (unpaired) electrons. The van der Waals surface area contributed by atoms with Crippen molar-refractivity contribution in [1.29, 1.82) is 0 Å². The van der Waals surface area contributed by atoms with Gasteiger partial charge in [0.15, 0.2) is 0 Å². The summed E-state index contributed by atoms with van der Waals surface area (Å²) in [6.07, 6.45) is -2.46. The van der Waals surface area contributed by atoms with Crippen molar-refractivity contribution in [2.24, 2.45) is 0 Å². The number of nitrogens with one attached hydrogen (secondary N) is 1. The SMILES string of the molecule is CC(C)N1CCC(NCC(F)(F)F)CC1. The summed E-state index contributed by atoms with van der Waals surface area (Å²) in [5.41, 5.74) is 0. The van der Waals surface area contributed by atoms with Gasteiger partial charge in [-0.2, -0.15) is 13.2 Å². The largest absolute Gasteiger partial charge is 0.401 e. The van der Waals surface area contributed by atoms with Crippen LogP contribution in [0, 0.1) is 0 Å². The molecule has 0 amide bonds. The lowest BCUT2D eigenvalue weighted by Gasteiger charge is -2.35. The Morgan fingerprint density at radius 1 is 1.27 bits per heavy atom. The van der Waals surface area contributed by atoms with Crippen molar-refractivity contribution in [3.8, 4) is 0 Å². The van der Waals surface area contributed by atoms with E-state index >= 15 is 0 Å². The summed E-state index contributed by atoms with van der Waals surface area (Å²) in [5, 5.41) is 2.57. The molecule has 0 saturated carbocycles. The fourth-order valence-corrected chi connectivity index (χ4v) is 1.88. The number of rotatable bonds is 3. The second kappa shape index (κ2) is 5.16. The van der Waals surface area contributed by atoms with Gasteiger partial charge in [0, 0.05) is 12.1 Å². The summed E-state index contributed by atoms with van der Waals surface area (Å²) < 4.78 is 35.8. The molecule has 0 aromatic heterocycles. The van der Waals surface area contributed by atoms with E-state index < -0.39 is 12.7 Å². The molecule has 5 heteroatoms. The first-order chi connectivity index (χ1) is 6.88. The third kappa shape index (κ3) is 4.84. The lowest BCUT2D eigenvalue weighted by Crippen LogP contribution is -2.47. The third-order valence-electron chi connectivity index (χ3n) is 2.85. The first-order valence-corrected chi connectivity index (χ1v) is 5.42. The molecule has 0 unspecified atom stereocenters. The Labute approximate surface area is 88.8 Å². The number of nitrogens with zero attached hydrogens (tertiary/aromatic N) is 1. The number of hydrogen-bond acceptors (Lipinski definition) is 2. The summed E-state index contributed by atoms with van der Waals surface area (Å²) in [7, 11) is 0. The number of piperidine rings is 1. The van der Waals surface area contributed by atoms with Gasteiger partial charge in [-0.05, 0) is 39.8 Å². The van der Waals surface area contributed by atoms with Crippen LogP contribution in [0.2, 0.25) is 0 Å². The highest BCUT2D eigenvalue weighted by molar-refractivity contribution is 4.79. The van der Waals surface area contributed by atoms with Crippen LogP contribution in [0.15, 0.2) is 0 Å². The molecular formula is C10H19F3N2. The van der Waals surface area contributed by atoms with Crippen LogP contribution in [0.3, 0.4) is 0 Å².